The average Bonchev–Trinajstić information content (AvgIpc) is 3.17. The van der Waals surface area contributed by atoms with Crippen LogP contribution in [0, 0.1) is 11.6 Å². The third-order valence-electron chi connectivity index (χ3n) is 5.37. The van der Waals surface area contributed by atoms with Gasteiger partial charge >= 0.3 is 6.03 Å². The van der Waals surface area contributed by atoms with Gasteiger partial charge < -0.3 is 19.5 Å². The zero-order chi connectivity index (χ0) is 21.8. The quantitative estimate of drug-likeness (QED) is 0.577. The summed E-state index contributed by atoms with van der Waals surface area (Å²) >= 11 is 0. The molecule has 0 radical (unpaired) electrons. The van der Waals surface area contributed by atoms with Gasteiger partial charge in [-0.25, -0.2) is 13.6 Å². The van der Waals surface area contributed by atoms with E-state index in [1.165, 1.54) is 12.1 Å². The van der Waals surface area contributed by atoms with Gasteiger partial charge in [0.1, 0.15) is 11.6 Å². The van der Waals surface area contributed by atoms with Gasteiger partial charge in [0.2, 0.25) is 0 Å². The Hall–Kier alpha value is -3.19. The number of nitrogens with zero attached hydrogens (tertiary/aromatic N) is 2. The summed E-state index contributed by atoms with van der Waals surface area (Å²) in [6.45, 7) is 3.85. The molecule has 2 aromatic carbocycles. The topological polar surface area (TPSA) is 46.5 Å². The maximum atomic E-state index is 14.1. The Labute approximate surface area is 180 Å². The van der Waals surface area contributed by atoms with E-state index >= 15 is 0 Å². The van der Waals surface area contributed by atoms with Crippen LogP contribution in [0.3, 0.4) is 0 Å². The van der Waals surface area contributed by atoms with E-state index in [1.807, 2.05) is 54.1 Å². The largest absolute Gasteiger partial charge is 0.382 e. The highest BCUT2D eigenvalue weighted by Crippen LogP contribution is 2.37. The fraction of sp³-hybridized carbons (Fsp3) is 0.292. The van der Waals surface area contributed by atoms with Crippen molar-refractivity contribution in [2.24, 2.45) is 0 Å². The number of benzene rings is 2. The number of rotatable bonds is 6. The number of hydrogen-bond donors (Lipinski definition) is 1. The first-order valence-electron chi connectivity index (χ1n) is 10.4. The summed E-state index contributed by atoms with van der Waals surface area (Å²) in [5, 5.41) is 2.93. The lowest BCUT2D eigenvalue weighted by atomic mass is 10.0. The van der Waals surface area contributed by atoms with Crippen LogP contribution in [0.1, 0.15) is 36.2 Å². The molecule has 2 amide bonds. The molecule has 1 aromatic heterocycles. The van der Waals surface area contributed by atoms with Crippen LogP contribution in [0.2, 0.25) is 0 Å². The number of nitrogens with one attached hydrogen (secondary N) is 1. The molecule has 0 unspecified atom stereocenters. The average molecular weight is 425 g/mol. The summed E-state index contributed by atoms with van der Waals surface area (Å²) in [6, 6.07) is 14.0. The van der Waals surface area contributed by atoms with Gasteiger partial charge in [0.25, 0.3) is 0 Å². The number of para-hydroxylation sites is 1. The predicted octanol–water partition coefficient (Wildman–Crippen LogP) is 4.80. The number of halogens is 2. The zero-order valence-corrected chi connectivity index (χ0v) is 17.4. The SMILES string of the molecule is CCOCCCNC(=O)N1Cc2ccccc2-n2cccc2[C@H]1c1cc(F)cc(F)c1. The van der Waals surface area contributed by atoms with Crippen molar-refractivity contribution in [2.45, 2.75) is 25.9 Å². The first-order valence-corrected chi connectivity index (χ1v) is 10.4. The summed E-state index contributed by atoms with van der Waals surface area (Å²) in [6.07, 6.45) is 2.58. The summed E-state index contributed by atoms with van der Waals surface area (Å²) in [4.78, 5) is 14.9. The zero-order valence-electron chi connectivity index (χ0n) is 17.4. The van der Waals surface area contributed by atoms with Crippen LogP contribution in [-0.4, -0.2) is 35.3 Å². The number of ether oxygens (including phenoxy) is 1. The lowest BCUT2D eigenvalue weighted by Gasteiger charge is -2.31. The highest BCUT2D eigenvalue weighted by molar-refractivity contribution is 5.76. The van der Waals surface area contributed by atoms with E-state index in [-0.39, 0.29) is 6.03 Å². The molecule has 0 saturated carbocycles. The van der Waals surface area contributed by atoms with E-state index in [2.05, 4.69) is 5.32 Å². The van der Waals surface area contributed by atoms with Crippen LogP contribution in [0.25, 0.3) is 5.69 Å². The fourth-order valence-corrected chi connectivity index (χ4v) is 4.04. The molecule has 7 heteroatoms. The molecule has 0 bridgehead atoms. The smallest absolute Gasteiger partial charge is 0.318 e. The van der Waals surface area contributed by atoms with Crippen LogP contribution < -0.4 is 5.32 Å². The van der Waals surface area contributed by atoms with Crippen LogP contribution in [-0.2, 0) is 11.3 Å². The molecule has 162 valence electrons. The number of carbonyl (C=O) groups excluding carboxylic acids is 1. The van der Waals surface area contributed by atoms with Gasteiger partial charge in [0.05, 0.1) is 18.3 Å². The number of fused-ring (bicyclic) bond motifs is 3. The van der Waals surface area contributed by atoms with E-state index in [0.29, 0.717) is 38.3 Å². The molecule has 5 nitrogen and oxygen atoms in total. The molecule has 2 heterocycles. The second-order valence-corrected chi connectivity index (χ2v) is 7.45. The van der Waals surface area contributed by atoms with E-state index in [1.54, 1.807) is 4.90 Å². The van der Waals surface area contributed by atoms with Crippen molar-refractivity contribution in [3.63, 3.8) is 0 Å². The minimum absolute atomic E-state index is 0.296. The maximum absolute atomic E-state index is 14.1. The van der Waals surface area contributed by atoms with Gasteiger partial charge in [-0.1, -0.05) is 18.2 Å². The maximum Gasteiger partial charge on any atom is 0.318 e. The summed E-state index contributed by atoms with van der Waals surface area (Å²) < 4.78 is 35.5. The number of hydrogen-bond acceptors (Lipinski definition) is 2. The first kappa shape index (κ1) is 21.1. The molecule has 31 heavy (non-hydrogen) atoms. The Kier molecular flexibility index (Phi) is 6.32. The molecular formula is C24H25F2N3O2. The molecule has 1 aliphatic rings. The van der Waals surface area contributed by atoms with Crippen LogP contribution in [0.15, 0.2) is 60.8 Å². The second-order valence-electron chi connectivity index (χ2n) is 7.45. The van der Waals surface area contributed by atoms with Gasteiger partial charge in [0.15, 0.2) is 0 Å². The Morgan fingerprint density at radius 3 is 2.68 bits per heavy atom. The molecule has 0 aliphatic carbocycles. The number of urea groups is 1. The highest BCUT2D eigenvalue weighted by Gasteiger charge is 2.33. The normalized spacial score (nSPS) is 15.2. The third-order valence-corrected chi connectivity index (χ3v) is 5.37. The predicted molar refractivity (Wildman–Crippen MR) is 114 cm³/mol. The lowest BCUT2D eigenvalue weighted by Crippen LogP contribution is -2.42. The molecule has 3 aromatic rings. The Morgan fingerprint density at radius 1 is 1.13 bits per heavy atom. The lowest BCUT2D eigenvalue weighted by molar-refractivity contribution is 0.143. The van der Waals surface area contributed by atoms with Gasteiger partial charge in [-0.3, -0.25) is 0 Å². The molecule has 1 aliphatic heterocycles. The van der Waals surface area contributed by atoms with E-state index in [0.717, 1.165) is 23.0 Å². The monoisotopic (exact) mass is 425 g/mol. The Balaban J connectivity index is 1.74. The minimum Gasteiger partial charge on any atom is -0.382 e. The molecule has 0 fully saturated rings. The van der Waals surface area contributed by atoms with Gasteiger partial charge in [-0.15, -0.1) is 0 Å². The van der Waals surface area contributed by atoms with Crippen molar-refractivity contribution < 1.29 is 18.3 Å². The van der Waals surface area contributed by atoms with E-state index < -0.39 is 17.7 Å². The molecule has 1 atom stereocenters. The van der Waals surface area contributed by atoms with Crippen LogP contribution in [0.5, 0.6) is 0 Å². The summed E-state index contributed by atoms with van der Waals surface area (Å²) in [5.74, 6) is -1.35. The molecule has 0 spiro atoms. The summed E-state index contributed by atoms with van der Waals surface area (Å²) in [5.41, 5.74) is 3.04. The second kappa shape index (κ2) is 9.31. The molecule has 0 saturated heterocycles. The minimum atomic E-state index is -0.674. The molecule has 4 rings (SSSR count). The van der Waals surface area contributed by atoms with Gasteiger partial charge in [-0.2, -0.15) is 0 Å². The Morgan fingerprint density at radius 2 is 1.90 bits per heavy atom. The van der Waals surface area contributed by atoms with Crippen molar-refractivity contribution in [2.75, 3.05) is 19.8 Å². The van der Waals surface area contributed by atoms with Crippen molar-refractivity contribution in [3.8, 4) is 5.69 Å². The van der Waals surface area contributed by atoms with Crippen molar-refractivity contribution in [1.82, 2.24) is 14.8 Å². The number of carbonyl (C=O) groups is 1. The van der Waals surface area contributed by atoms with Crippen molar-refractivity contribution in [1.29, 1.82) is 0 Å². The van der Waals surface area contributed by atoms with E-state index in [9.17, 15) is 13.6 Å². The third kappa shape index (κ3) is 4.46. The first-order chi connectivity index (χ1) is 15.1. The summed E-state index contributed by atoms with van der Waals surface area (Å²) in [7, 11) is 0. The van der Waals surface area contributed by atoms with Crippen molar-refractivity contribution in [3.05, 3.63) is 89.2 Å². The van der Waals surface area contributed by atoms with Gasteiger partial charge in [-0.05, 0) is 54.8 Å². The van der Waals surface area contributed by atoms with Crippen molar-refractivity contribution >= 4 is 6.03 Å². The van der Waals surface area contributed by atoms with Crippen LogP contribution >= 0.6 is 0 Å². The van der Waals surface area contributed by atoms with Gasteiger partial charge in [0, 0.05) is 37.7 Å². The molecule has 1 N–H and O–H groups in total. The highest BCUT2D eigenvalue weighted by atomic mass is 19.1. The Bertz CT molecular complexity index is 1050. The fourth-order valence-electron chi connectivity index (χ4n) is 4.04. The number of amides is 2. The number of aromatic nitrogens is 1. The molecular weight excluding hydrogens is 400 g/mol. The van der Waals surface area contributed by atoms with E-state index in [4.69, 9.17) is 4.74 Å². The van der Waals surface area contributed by atoms with Crippen LogP contribution in [0.4, 0.5) is 13.6 Å². The standard InChI is InChI=1S/C24H25F2N3O2/c1-2-31-12-6-10-27-24(30)29-16-17-7-3-4-8-21(17)28-11-5-9-22(28)23(29)18-13-19(25)15-20(26)14-18/h3-5,7-9,11,13-15,23H,2,6,10,12,16H2,1H3,(H,27,30)/t23-/m1/s1.